The maximum absolute atomic E-state index is 13.4. The maximum atomic E-state index is 13.4. The number of aromatic nitrogens is 1. The quantitative estimate of drug-likeness (QED) is 0.571. The highest BCUT2D eigenvalue weighted by molar-refractivity contribution is 7.14. The molecule has 0 unspecified atom stereocenters. The van der Waals surface area contributed by atoms with Crippen molar-refractivity contribution in [3.63, 3.8) is 0 Å². The zero-order valence-electron chi connectivity index (χ0n) is 17.3. The molecule has 9 heteroatoms. The molecule has 1 aliphatic rings. The van der Waals surface area contributed by atoms with E-state index in [9.17, 15) is 18.0 Å². The number of thiophene rings is 1. The van der Waals surface area contributed by atoms with Gasteiger partial charge in [-0.3, -0.25) is 4.79 Å². The van der Waals surface area contributed by atoms with Gasteiger partial charge in [-0.25, -0.2) is 4.98 Å². The molecule has 0 atom stereocenters. The van der Waals surface area contributed by atoms with Crippen LogP contribution in [0.15, 0.2) is 42.5 Å². The second-order valence-corrected chi connectivity index (χ2v) is 8.99. The number of hydrogen-bond donors (Lipinski definition) is 1. The number of halogens is 3. The molecule has 0 aliphatic heterocycles. The molecule has 1 amide bonds. The van der Waals surface area contributed by atoms with E-state index in [0.29, 0.717) is 26.3 Å². The first-order valence-electron chi connectivity index (χ1n) is 10.3. The fourth-order valence-corrected chi connectivity index (χ4v) is 4.88. The summed E-state index contributed by atoms with van der Waals surface area (Å²) in [5.74, 6) is -0.191. The van der Waals surface area contributed by atoms with Crippen LogP contribution >= 0.6 is 11.3 Å². The Bertz CT molecular complexity index is 1180. The number of nitrogens with one attached hydrogen (secondary N) is 1. The number of rotatable bonds is 4. The lowest BCUT2D eigenvalue weighted by Crippen LogP contribution is -2.42. The standard InChI is InChI=1S/C23H21F3N4OS/c1-30(19-12-21(23(24,25)26)29-18-5-3-2-4-17(18)19)15-8-6-14(7-9-15)28-22(31)20-11-10-16(13-27)32-20/h2-5,10-12,14-15H,6-9H2,1H3,(H,28,31)/t14-,15+. The van der Waals surface area contributed by atoms with E-state index < -0.39 is 11.9 Å². The number of carbonyl (C=O) groups is 1. The lowest BCUT2D eigenvalue weighted by atomic mass is 9.89. The summed E-state index contributed by atoms with van der Waals surface area (Å²) in [6, 6.07) is 13.3. The third-order valence-electron chi connectivity index (χ3n) is 5.88. The van der Waals surface area contributed by atoms with E-state index >= 15 is 0 Å². The molecule has 1 aliphatic carbocycles. The summed E-state index contributed by atoms with van der Waals surface area (Å²) in [5, 5.41) is 12.6. The number of nitriles is 1. The van der Waals surface area contributed by atoms with Gasteiger partial charge < -0.3 is 10.2 Å². The first-order chi connectivity index (χ1) is 15.3. The van der Waals surface area contributed by atoms with Gasteiger partial charge in [0.15, 0.2) is 0 Å². The van der Waals surface area contributed by atoms with E-state index in [4.69, 9.17) is 5.26 Å². The van der Waals surface area contributed by atoms with Crippen molar-refractivity contribution >= 4 is 33.8 Å². The topological polar surface area (TPSA) is 69.0 Å². The second-order valence-electron chi connectivity index (χ2n) is 7.91. The average Bonchev–Trinajstić information content (AvgIpc) is 3.27. The smallest absolute Gasteiger partial charge is 0.371 e. The van der Waals surface area contributed by atoms with E-state index in [1.807, 2.05) is 18.0 Å². The van der Waals surface area contributed by atoms with Gasteiger partial charge in [0.1, 0.15) is 16.6 Å². The van der Waals surface area contributed by atoms with Crippen LogP contribution in [0.3, 0.4) is 0 Å². The predicted molar refractivity (Wildman–Crippen MR) is 118 cm³/mol. The fourth-order valence-electron chi connectivity index (χ4n) is 4.17. The Labute approximate surface area is 187 Å². The molecule has 1 N–H and O–H groups in total. The Kier molecular flexibility index (Phi) is 6.07. The molecule has 0 bridgehead atoms. The lowest BCUT2D eigenvalue weighted by molar-refractivity contribution is -0.140. The number of carbonyl (C=O) groups excluding carboxylic acids is 1. The number of para-hydroxylation sites is 1. The summed E-state index contributed by atoms with van der Waals surface area (Å²) in [6.45, 7) is 0. The predicted octanol–water partition coefficient (Wildman–Crippen LogP) is 5.36. The largest absolute Gasteiger partial charge is 0.433 e. The molecule has 5 nitrogen and oxygen atoms in total. The highest BCUT2D eigenvalue weighted by atomic mass is 32.1. The minimum Gasteiger partial charge on any atom is -0.371 e. The van der Waals surface area contributed by atoms with Gasteiger partial charge in [-0.2, -0.15) is 18.4 Å². The number of nitrogens with zero attached hydrogens (tertiary/aromatic N) is 3. The molecule has 1 fully saturated rings. The number of benzene rings is 1. The third-order valence-corrected chi connectivity index (χ3v) is 6.87. The molecular formula is C23H21F3N4OS. The number of alkyl halides is 3. The van der Waals surface area contributed by atoms with E-state index in [1.54, 1.807) is 36.4 Å². The summed E-state index contributed by atoms with van der Waals surface area (Å²) >= 11 is 1.16. The molecule has 4 rings (SSSR count). The molecule has 166 valence electrons. The molecule has 3 aromatic rings. The van der Waals surface area contributed by atoms with Crippen molar-refractivity contribution in [3.05, 3.63) is 57.9 Å². The van der Waals surface area contributed by atoms with Crippen LogP contribution in [0, 0.1) is 11.3 Å². The Morgan fingerprint density at radius 2 is 1.91 bits per heavy atom. The molecule has 1 saturated carbocycles. The van der Waals surface area contributed by atoms with E-state index in [-0.39, 0.29) is 18.0 Å². The van der Waals surface area contributed by atoms with Crippen LogP contribution in [-0.4, -0.2) is 30.0 Å². The Hall–Kier alpha value is -3.12. The Balaban J connectivity index is 1.46. The molecule has 0 saturated heterocycles. The number of hydrogen-bond acceptors (Lipinski definition) is 5. The third kappa shape index (κ3) is 4.55. The SMILES string of the molecule is CN(c1cc(C(F)(F)F)nc2ccccc12)[C@H]1CC[C@@H](NC(=O)c2ccc(C#N)s2)CC1. The molecule has 2 heterocycles. The summed E-state index contributed by atoms with van der Waals surface area (Å²) < 4.78 is 40.2. The number of anilines is 1. The van der Waals surface area contributed by atoms with Gasteiger partial charge in [-0.15, -0.1) is 11.3 Å². The molecule has 1 aromatic carbocycles. The summed E-state index contributed by atoms with van der Waals surface area (Å²) in [4.78, 5) is 19.1. The molecule has 0 radical (unpaired) electrons. The highest BCUT2D eigenvalue weighted by Gasteiger charge is 2.34. The summed E-state index contributed by atoms with van der Waals surface area (Å²) in [5.41, 5.74) is -0.0671. The van der Waals surface area contributed by atoms with Crippen LogP contribution < -0.4 is 10.2 Å². The molecule has 32 heavy (non-hydrogen) atoms. The van der Waals surface area contributed by atoms with Gasteiger partial charge in [0, 0.05) is 30.2 Å². The van der Waals surface area contributed by atoms with Crippen LogP contribution in [0.1, 0.15) is 45.9 Å². The Morgan fingerprint density at radius 1 is 1.19 bits per heavy atom. The maximum Gasteiger partial charge on any atom is 0.433 e. The van der Waals surface area contributed by atoms with Crippen molar-refractivity contribution < 1.29 is 18.0 Å². The van der Waals surface area contributed by atoms with Crippen LogP contribution in [-0.2, 0) is 6.18 Å². The van der Waals surface area contributed by atoms with E-state index in [1.165, 1.54) is 0 Å². The van der Waals surface area contributed by atoms with Crippen molar-refractivity contribution in [1.82, 2.24) is 10.3 Å². The normalized spacial score (nSPS) is 18.8. The average molecular weight is 459 g/mol. The summed E-state index contributed by atoms with van der Waals surface area (Å²) in [7, 11) is 1.82. The van der Waals surface area contributed by atoms with Crippen molar-refractivity contribution in [3.8, 4) is 6.07 Å². The second kappa shape index (κ2) is 8.79. The molecule has 2 aromatic heterocycles. The van der Waals surface area contributed by atoms with Gasteiger partial charge in [0.05, 0.1) is 10.4 Å². The van der Waals surface area contributed by atoms with Crippen LogP contribution in [0.25, 0.3) is 10.9 Å². The van der Waals surface area contributed by atoms with Crippen molar-refractivity contribution in [2.24, 2.45) is 0 Å². The van der Waals surface area contributed by atoms with Gasteiger partial charge in [-0.1, -0.05) is 18.2 Å². The zero-order chi connectivity index (χ0) is 22.9. The fraction of sp³-hybridized carbons (Fsp3) is 0.348. The van der Waals surface area contributed by atoms with Crippen molar-refractivity contribution in [2.45, 2.75) is 43.9 Å². The Morgan fingerprint density at radius 3 is 2.56 bits per heavy atom. The number of pyridine rings is 1. The minimum absolute atomic E-state index is 0.000272. The van der Waals surface area contributed by atoms with Crippen LogP contribution in [0.4, 0.5) is 18.9 Å². The first kappa shape index (κ1) is 22.1. The van der Waals surface area contributed by atoms with Gasteiger partial charge >= 0.3 is 6.18 Å². The van der Waals surface area contributed by atoms with Gasteiger partial charge in [-0.05, 0) is 49.9 Å². The van der Waals surface area contributed by atoms with E-state index in [0.717, 1.165) is 43.1 Å². The minimum atomic E-state index is -4.52. The lowest BCUT2D eigenvalue weighted by Gasteiger charge is -2.36. The van der Waals surface area contributed by atoms with E-state index in [2.05, 4.69) is 10.3 Å². The zero-order valence-corrected chi connectivity index (χ0v) is 18.1. The molecular weight excluding hydrogens is 437 g/mol. The van der Waals surface area contributed by atoms with Gasteiger partial charge in [0.25, 0.3) is 5.91 Å². The van der Waals surface area contributed by atoms with Crippen molar-refractivity contribution in [1.29, 1.82) is 5.26 Å². The summed E-state index contributed by atoms with van der Waals surface area (Å²) in [6.07, 6.45) is -1.58. The van der Waals surface area contributed by atoms with Crippen molar-refractivity contribution in [2.75, 3.05) is 11.9 Å². The highest BCUT2D eigenvalue weighted by Crippen LogP contribution is 2.36. The number of fused-ring (bicyclic) bond motifs is 1. The monoisotopic (exact) mass is 458 g/mol. The molecule has 0 spiro atoms. The first-order valence-corrected chi connectivity index (χ1v) is 11.1. The number of amides is 1. The van der Waals surface area contributed by atoms with Crippen LogP contribution in [0.5, 0.6) is 0 Å². The van der Waals surface area contributed by atoms with Crippen LogP contribution in [0.2, 0.25) is 0 Å². The van der Waals surface area contributed by atoms with Gasteiger partial charge in [0.2, 0.25) is 0 Å².